The molecule has 0 saturated carbocycles. The number of nitrogens with two attached hydrogens (primary N) is 1. The lowest BCUT2D eigenvalue weighted by Gasteiger charge is -2.33. The normalized spacial score (nSPS) is 18.0. The van der Waals surface area contributed by atoms with Crippen LogP contribution in [0, 0.1) is 5.92 Å². The average Bonchev–Trinajstić information content (AvgIpc) is 2.01. The molecule has 0 heterocycles. The first kappa shape index (κ1) is 10.9. The molecule has 0 aliphatic carbocycles. The molecule has 2 heteroatoms. The van der Waals surface area contributed by atoms with E-state index in [0.717, 1.165) is 6.42 Å². The third-order valence-corrected chi connectivity index (χ3v) is 2.59. The summed E-state index contributed by atoms with van der Waals surface area (Å²) in [6.07, 6.45) is 1.11. The van der Waals surface area contributed by atoms with Crippen LogP contribution in [0.25, 0.3) is 0 Å². The van der Waals surface area contributed by atoms with E-state index >= 15 is 0 Å². The van der Waals surface area contributed by atoms with Gasteiger partial charge in [-0.1, -0.05) is 20.3 Å². The first-order valence-electron chi connectivity index (χ1n) is 4.26. The second-order valence-corrected chi connectivity index (χ2v) is 3.72. The Morgan fingerprint density at radius 3 is 2.18 bits per heavy atom. The Morgan fingerprint density at radius 2 is 1.91 bits per heavy atom. The average molecular weight is 159 g/mol. The van der Waals surface area contributed by atoms with Crippen molar-refractivity contribution in [3.63, 3.8) is 0 Å². The van der Waals surface area contributed by atoms with Crippen LogP contribution in [0.5, 0.6) is 0 Å². The minimum absolute atomic E-state index is 0.123. The molecule has 0 rings (SSSR count). The Labute approximate surface area is 70.1 Å². The van der Waals surface area contributed by atoms with Gasteiger partial charge in [0.2, 0.25) is 0 Å². The summed E-state index contributed by atoms with van der Waals surface area (Å²) in [5, 5.41) is 0. The molecule has 0 aliphatic rings. The lowest BCUT2D eigenvalue weighted by Crippen LogP contribution is -2.48. The molecule has 2 unspecified atom stereocenters. The molecule has 0 radical (unpaired) electrons. The lowest BCUT2D eigenvalue weighted by molar-refractivity contribution is -0.0137. The van der Waals surface area contributed by atoms with Gasteiger partial charge >= 0.3 is 0 Å². The van der Waals surface area contributed by atoms with Crippen molar-refractivity contribution in [2.24, 2.45) is 11.7 Å². The highest BCUT2D eigenvalue weighted by atomic mass is 16.5. The standard InChI is InChI=1S/C9H21NO/c1-6-7(2)8(10)9(3,4)11-5/h7-8H,6,10H2,1-5H3. The number of methoxy groups -OCH3 is 1. The van der Waals surface area contributed by atoms with Crippen LogP contribution in [0.2, 0.25) is 0 Å². The zero-order valence-corrected chi connectivity index (χ0v) is 8.35. The molecule has 0 aromatic rings. The molecule has 68 valence electrons. The first-order valence-corrected chi connectivity index (χ1v) is 4.26. The Hall–Kier alpha value is -0.0800. The molecule has 2 N–H and O–H groups in total. The van der Waals surface area contributed by atoms with Crippen LogP contribution < -0.4 is 5.73 Å². The van der Waals surface area contributed by atoms with Gasteiger partial charge in [0.1, 0.15) is 0 Å². The van der Waals surface area contributed by atoms with Crippen molar-refractivity contribution < 1.29 is 4.74 Å². The summed E-state index contributed by atoms with van der Waals surface area (Å²) in [4.78, 5) is 0. The highest BCUT2D eigenvalue weighted by molar-refractivity contribution is 4.85. The first-order chi connectivity index (χ1) is 4.95. The molecule has 0 saturated heterocycles. The fourth-order valence-corrected chi connectivity index (χ4v) is 1.08. The van der Waals surface area contributed by atoms with Crippen LogP contribution in [0.1, 0.15) is 34.1 Å². The molecule has 0 bridgehead atoms. The van der Waals surface area contributed by atoms with Gasteiger partial charge in [0.15, 0.2) is 0 Å². The summed E-state index contributed by atoms with van der Waals surface area (Å²) in [7, 11) is 1.71. The second kappa shape index (κ2) is 4.07. The summed E-state index contributed by atoms with van der Waals surface area (Å²) in [5.41, 5.74) is 5.79. The van der Waals surface area contributed by atoms with Crippen LogP contribution in [0.3, 0.4) is 0 Å². The molecule has 0 aromatic carbocycles. The Morgan fingerprint density at radius 1 is 1.45 bits per heavy atom. The molecular formula is C9H21NO. The highest BCUT2D eigenvalue weighted by Crippen LogP contribution is 2.20. The summed E-state index contributed by atoms with van der Waals surface area (Å²) in [6, 6.07) is 0.123. The molecule has 2 atom stereocenters. The molecule has 0 amide bonds. The van der Waals surface area contributed by atoms with E-state index in [2.05, 4.69) is 13.8 Å². The van der Waals surface area contributed by atoms with Crippen molar-refractivity contribution in [2.45, 2.75) is 45.8 Å². The van der Waals surface area contributed by atoms with Gasteiger partial charge in [-0.2, -0.15) is 0 Å². The van der Waals surface area contributed by atoms with Crippen LogP contribution >= 0.6 is 0 Å². The Balaban J connectivity index is 4.10. The van der Waals surface area contributed by atoms with Crippen molar-refractivity contribution in [1.29, 1.82) is 0 Å². The van der Waals surface area contributed by atoms with Gasteiger partial charge in [-0.15, -0.1) is 0 Å². The Bertz CT molecular complexity index is 112. The predicted molar refractivity (Wildman–Crippen MR) is 48.5 cm³/mol. The van der Waals surface area contributed by atoms with E-state index in [9.17, 15) is 0 Å². The topological polar surface area (TPSA) is 35.2 Å². The molecule has 0 aromatic heterocycles. The van der Waals surface area contributed by atoms with E-state index in [4.69, 9.17) is 10.5 Å². The van der Waals surface area contributed by atoms with Crippen LogP contribution in [0.4, 0.5) is 0 Å². The van der Waals surface area contributed by atoms with Crippen molar-refractivity contribution in [2.75, 3.05) is 7.11 Å². The van der Waals surface area contributed by atoms with Crippen molar-refractivity contribution >= 4 is 0 Å². The third kappa shape index (κ3) is 2.80. The molecule has 11 heavy (non-hydrogen) atoms. The number of ether oxygens (including phenoxy) is 1. The maximum absolute atomic E-state index is 5.99. The minimum Gasteiger partial charge on any atom is -0.377 e. The van der Waals surface area contributed by atoms with E-state index < -0.39 is 0 Å². The van der Waals surface area contributed by atoms with Crippen LogP contribution in [-0.4, -0.2) is 18.8 Å². The third-order valence-electron chi connectivity index (χ3n) is 2.59. The highest BCUT2D eigenvalue weighted by Gasteiger charge is 2.29. The summed E-state index contributed by atoms with van der Waals surface area (Å²) < 4.78 is 5.30. The molecule has 0 fully saturated rings. The number of hydrogen-bond acceptors (Lipinski definition) is 2. The predicted octanol–water partition coefficient (Wildman–Crippen LogP) is 1.78. The van der Waals surface area contributed by atoms with Crippen molar-refractivity contribution in [3.8, 4) is 0 Å². The molecule has 0 aliphatic heterocycles. The maximum Gasteiger partial charge on any atom is 0.0775 e. The van der Waals surface area contributed by atoms with Gasteiger partial charge < -0.3 is 10.5 Å². The summed E-state index contributed by atoms with van der Waals surface area (Å²) in [5.74, 6) is 0.518. The van der Waals surface area contributed by atoms with E-state index in [0.29, 0.717) is 5.92 Å². The largest absolute Gasteiger partial charge is 0.377 e. The van der Waals surface area contributed by atoms with Gasteiger partial charge in [0.25, 0.3) is 0 Å². The zero-order chi connectivity index (χ0) is 9.07. The van der Waals surface area contributed by atoms with Crippen molar-refractivity contribution in [1.82, 2.24) is 0 Å². The van der Waals surface area contributed by atoms with Crippen molar-refractivity contribution in [3.05, 3.63) is 0 Å². The number of hydrogen-bond donors (Lipinski definition) is 1. The zero-order valence-electron chi connectivity index (χ0n) is 8.35. The summed E-state index contributed by atoms with van der Waals surface area (Å²) in [6.45, 7) is 8.37. The molecule has 2 nitrogen and oxygen atoms in total. The SMILES string of the molecule is CCC(C)C(N)C(C)(C)OC. The quantitative estimate of drug-likeness (QED) is 0.678. The lowest BCUT2D eigenvalue weighted by atomic mass is 9.87. The number of rotatable bonds is 4. The van der Waals surface area contributed by atoms with E-state index in [-0.39, 0.29) is 11.6 Å². The second-order valence-electron chi connectivity index (χ2n) is 3.72. The maximum atomic E-state index is 5.99. The minimum atomic E-state index is -0.199. The van der Waals surface area contributed by atoms with Crippen LogP contribution in [0.15, 0.2) is 0 Å². The molecule has 0 spiro atoms. The van der Waals surface area contributed by atoms with Gasteiger partial charge in [0.05, 0.1) is 5.60 Å². The van der Waals surface area contributed by atoms with Gasteiger partial charge in [0, 0.05) is 13.2 Å². The van der Waals surface area contributed by atoms with Gasteiger partial charge in [-0.05, 0) is 19.8 Å². The fraction of sp³-hybridized carbons (Fsp3) is 1.00. The van der Waals surface area contributed by atoms with Gasteiger partial charge in [-0.3, -0.25) is 0 Å². The smallest absolute Gasteiger partial charge is 0.0775 e. The van der Waals surface area contributed by atoms with E-state index in [1.165, 1.54) is 0 Å². The van der Waals surface area contributed by atoms with Crippen LogP contribution in [-0.2, 0) is 4.74 Å². The van der Waals surface area contributed by atoms with E-state index in [1.54, 1.807) is 7.11 Å². The van der Waals surface area contributed by atoms with E-state index in [1.807, 2.05) is 13.8 Å². The monoisotopic (exact) mass is 159 g/mol. The summed E-state index contributed by atoms with van der Waals surface area (Å²) >= 11 is 0. The fourth-order valence-electron chi connectivity index (χ4n) is 1.08. The van der Waals surface area contributed by atoms with Gasteiger partial charge in [-0.25, -0.2) is 0 Å². The Kier molecular flexibility index (Phi) is 4.04. The molecular weight excluding hydrogens is 138 g/mol.